The third-order valence-electron chi connectivity index (χ3n) is 4.22. The highest BCUT2D eigenvalue weighted by Gasteiger charge is 2.40. The second kappa shape index (κ2) is 8.41. The van der Waals surface area contributed by atoms with Gasteiger partial charge in [-0.2, -0.15) is 18.4 Å². The van der Waals surface area contributed by atoms with Crippen LogP contribution in [0.2, 0.25) is 1.41 Å². The van der Waals surface area contributed by atoms with Crippen LogP contribution in [0, 0.1) is 17.1 Å². The Morgan fingerprint density at radius 3 is 2.40 bits per heavy atom. The van der Waals surface area contributed by atoms with Crippen molar-refractivity contribution in [2.45, 2.75) is 30.0 Å². The Morgan fingerprint density at radius 1 is 1.27 bits per heavy atom. The maximum Gasteiger partial charge on any atom is 0.417 e. The normalized spacial score (nSPS) is 14.8. The molecule has 0 fully saturated rings. The Morgan fingerprint density at radius 2 is 1.90 bits per heavy atom. The van der Waals surface area contributed by atoms with Crippen LogP contribution in [0.3, 0.4) is 0 Å². The fraction of sp³-hybridized carbons (Fsp3) is 0.263. The third-order valence-corrected chi connectivity index (χ3v) is 6.05. The van der Waals surface area contributed by atoms with Gasteiger partial charge in [-0.15, -0.1) is 0 Å². The quantitative estimate of drug-likeness (QED) is 0.502. The Balaban J connectivity index is 2.47. The van der Waals surface area contributed by atoms with Crippen LogP contribution < -0.4 is 5.31 Å². The van der Waals surface area contributed by atoms with Crippen LogP contribution in [0.15, 0.2) is 47.4 Å². The van der Waals surface area contributed by atoms with Crippen molar-refractivity contribution in [2.24, 2.45) is 0 Å². The number of sulfone groups is 1. The summed E-state index contributed by atoms with van der Waals surface area (Å²) < 4.78 is 93.4. The molecule has 0 aliphatic carbocycles. The van der Waals surface area contributed by atoms with Gasteiger partial charge in [-0.25, -0.2) is 12.8 Å². The van der Waals surface area contributed by atoms with Gasteiger partial charge in [0.05, 0.1) is 27.8 Å². The lowest BCUT2D eigenvalue weighted by molar-refractivity contribution is -0.138. The van der Waals surface area contributed by atoms with E-state index in [1.54, 1.807) is 0 Å². The highest BCUT2D eigenvalue weighted by Crippen LogP contribution is 2.34. The van der Waals surface area contributed by atoms with E-state index in [9.17, 15) is 30.8 Å². The number of carbonyl (C=O) groups excluding carboxylic acids is 1. The minimum atomic E-state index is -4.95. The monoisotopic (exact) mass is 446 g/mol. The van der Waals surface area contributed by atoms with Gasteiger partial charge < -0.3 is 10.4 Å². The summed E-state index contributed by atoms with van der Waals surface area (Å²) in [6, 6.07) is 7.03. The summed E-state index contributed by atoms with van der Waals surface area (Å²) in [4.78, 5) is 12.6. The van der Waals surface area contributed by atoms with E-state index in [1.807, 2.05) is 0 Å². The first-order valence-electron chi connectivity index (χ1n) is 9.24. The highest BCUT2D eigenvalue weighted by molar-refractivity contribution is 7.91. The number of amides is 1. The average molecular weight is 446 g/mol. The van der Waals surface area contributed by atoms with Gasteiger partial charge in [0, 0.05) is 5.69 Å². The molecule has 6 nitrogen and oxygen atoms in total. The van der Waals surface area contributed by atoms with Gasteiger partial charge in [-0.3, -0.25) is 4.79 Å². The third kappa shape index (κ3) is 5.14. The zero-order valence-corrected chi connectivity index (χ0v) is 16.2. The second-order valence-corrected chi connectivity index (χ2v) is 8.31. The lowest BCUT2D eigenvalue weighted by Crippen LogP contribution is -2.48. The Bertz CT molecular complexity index is 1150. The van der Waals surface area contributed by atoms with Gasteiger partial charge in [-0.1, -0.05) is 6.92 Å². The molecule has 30 heavy (non-hydrogen) atoms. The van der Waals surface area contributed by atoms with E-state index >= 15 is 0 Å². The summed E-state index contributed by atoms with van der Waals surface area (Å²) >= 11 is 0. The van der Waals surface area contributed by atoms with Crippen molar-refractivity contribution in [3.05, 3.63) is 59.4 Å². The summed E-state index contributed by atoms with van der Waals surface area (Å²) in [5.41, 5.74) is -5.19. The Hall–Kier alpha value is -2.97. The number of aliphatic hydroxyl groups is 1. The molecule has 0 heterocycles. The first-order chi connectivity index (χ1) is 14.8. The largest absolute Gasteiger partial charge is 0.417 e. The summed E-state index contributed by atoms with van der Waals surface area (Å²) in [7, 11) is -4.33. The van der Waals surface area contributed by atoms with E-state index in [2.05, 4.69) is 5.11 Å². The topological polar surface area (TPSA) is 107 Å². The van der Waals surface area contributed by atoms with Crippen LogP contribution >= 0.6 is 0 Å². The molecule has 1 amide bonds. The van der Waals surface area contributed by atoms with E-state index in [0.717, 1.165) is 36.4 Å². The minimum Gasteiger partial charge on any atom is -0.379 e. The molecular weight excluding hydrogens is 428 g/mol. The molecule has 2 N–H and O–H groups in total. The molecule has 0 saturated heterocycles. The zero-order chi connectivity index (χ0) is 24.3. The van der Waals surface area contributed by atoms with Crippen LogP contribution in [0.25, 0.3) is 0 Å². The van der Waals surface area contributed by atoms with E-state index < -0.39 is 62.3 Å². The van der Waals surface area contributed by atoms with Crippen molar-refractivity contribution in [2.75, 3.05) is 11.1 Å². The molecule has 0 saturated carbocycles. The van der Waals surface area contributed by atoms with Gasteiger partial charge >= 0.3 is 6.18 Å². The average Bonchev–Trinajstić information content (AvgIpc) is 2.75. The van der Waals surface area contributed by atoms with Gasteiger partial charge in [0.25, 0.3) is 5.91 Å². The first-order valence-corrected chi connectivity index (χ1v) is 10.0. The molecule has 0 bridgehead atoms. The number of nitrogens with one attached hydrogen (secondary N) is 1. The van der Waals surface area contributed by atoms with Crippen molar-refractivity contribution in [3.63, 3.8) is 0 Å². The molecule has 11 heteroatoms. The number of alkyl halides is 3. The number of benzene rings is 2. The van der Waals surface area contributed by atoms with Crippen LogP contribution in [0.1, 0.15) is 24.5 Å². The van der Waals surface area contributed by atoms with Crippen molar-refractivity contribution < 1.29 is 37.3 Å². The second-order valence-electron chi connectivity index (χ2n) is 6.32. The number of anilines is 1. The van der Waals surface area contributed by atoms with E-state index in [1.165, 1.54) is 13.0 Å². The molecule has 2 aromatic rings. The van der Waals surface area contributed by atoms with Crippen LogP contribution in [-0.2, 0) is 20.8 Å². The first kappa shape index (κ1) is 20.3. The summed E-state index contributed by atoms with van der Waals surface area (Å²) in [5.74, 6) is -3.25. The fourth-order valence-corrected chi connectivity index (χ4v) is 4.16. The number of nitrogens with zero attached hydrogens (tertiary/aromatic N) is 1. The van der Waals surface area contributed by atoms with Gasteiger partial charge in [0.15, 0.2) is 16.9 Å². The van der Waals surface area contributed by atoms with Gasteiger partial charge in [0.2, 0.25) is 1.43 Å². The Labute approximate surface area is 172 Å². The number of hydrogen-bond acceptors (Lipinski definition) is 5. The van der Waals surface area contributed by atoms with Crippen LogP contribution in [0.4, 0.5) is 23.2 Å². The van der Waals surface area contributed by atoms with E-state index in [4.69, 9.17) is 8.10 Å². The molecule has 2 rings (SSSR count). The summed E-state index contributed by atoms with van der Waals surface area (Å²) in [5, 5.41) is 13.3. The van der Waals surface area contributed by atoms with Crippen LogP contribution in [-0.4, -0.2) is 32.2 Å². The number of halogens is 4. The van der Waals surface area contributed by atoms with Crippen molar-refractivity contribution >= 4 is 21.4 Å². The van der Waals surface area contributed by atoms with E-state index in [-0.39, 0.29) is 10.2 Å². The molecule has 2 aromatic carbocycles. The predicted molar refractivity (Wildman–Crippen MR) is 98.5 cm³/mol. The molecule has 0 aromatic heterocycles. The van der Waals surface area contributed by atoms with Gasteiger partial charge in [0.1, 0.15) is 5.82 Å². The number of nitriles is 1. The van der Waals surface area contributed by atoms with Crippen molar-refractivity contribution in [1.29, 1.82) is 6.69 Å². The molecule has 0 aliphatic heterocycles. The van der Waals surface area contributed by atoms with Crippen molar-refractivity contribution in [3.8, 4) is 6.07 Å². The fourth-order valence-electron chi connectivity index (χ4n) is 2.50. The molecule has 1 unspecified atom stereocenters. The number of rotatable bonds is 7. The van der Waals surface area contributed by atoms with Crippen molar-refractivity contribution in [1.82, 2.24) is 0 Å². The van der Waals surface area contributed by atoms with Crippen LogP contribution in [0.5, 0.6) is 0 Å². The van der Waals surface area contributed by atoms with E-state index in [0.29, 0.717) is 6.07 Å². The predicted octanol–water partition coefficient (Wildman–Crippen LogP) is 3.27. The number of carbonyl (C=O) groups is 1. The number of hydrogen-bond donors (Lipinski definition) is 2. The Kier molecular flexibility index (Phi) is 5.69. The lowest BCUT2D eigenvalue weighted by Gasteiger charge is -2.25. The summed E-state index contributed by atoms with van der Waals surface area (Å²) in [6.45, 7) is 1.29. The molecular formula is C19H16F4N2O4S. The van der Waals surface area contributed by atoms with Gasteiger partial charge in [-0.05, 0) is 48.9 Å². The smallest absolute Gasteiger partial charge is 0.379 e. The highest BCUT2D eigenvalue weighted by atomic mass is 32.2. The maximum atomic E-state index is 13.2. The molecule has 160 valence electrons. The minimum absolute atomic E-state index is 0.0192. The zero-order valence-electron chi connectivity index (χ0n) is 17.4. The molecule has 0 aliphatic rings. The lowest BCUT2D eigenvalue weighted by atomic mass is 10.0. The SMILES string of the molecule is [2H]OC(CC)(CS(=O)(=O)c1ccc(F)cc1)C(=O)N([2H])c1ccc(C#N)c(C(F)(F)F)c1. The molecule has 0 radical (unpaired) electrons. The molecule has 0 spiro atoms. The molecule has 1 atom stereocenters. The maximum absolute atomic E-state index is 13.2. The summed E-state index contributed by atoms with van der Waals surface area (Å²) in [6.07, 6.45) is -5.38. The standard InChI is InChI=1S/C19H16F4N2O4S/c1-2-18(27,11-30(28,29)15-7-4-13(20)5-8-15)17(26)25-14-6-3-12(10-24)16(9-14)19(21,22)23/h3-9,27H,2,11H2,1H3,(H,25,26)/i27D/hD.